The third-order valence-electron chi connectivity index (χ3n) is 3.58. The molecule has 1 rings (SSSR count). The van der Waals surface area contributed by atoms with Gasteiger partial charge in [-0.2, -0.15) is 0 Å². The summed E-state index contributed by atoms with van der Waals surface area (Å²) in [4.78, 5) is 16.6. The molecule has 1 atom stereocenters. The molecule has 1 amide bonds. The van der Waals surface area contributed by atoms with E-state index in [9.17, 15) is 4.79 Å². The van der Waals surface area contributed by atoms with Gasteiger partial charge < -0.3 is 16.0 Å². The summed E-state index contributed by atoms with van der Waals surface area (Å²) in [5, 5.41) is 9.48. The first-order valence-corrected chi connectivity index (χ1v) is 8.28. The molecule has 23 heavy (non-hydrogen) atoms. The molecule has 3 N–H and O–H groups in total. The van der Waals surface area contributed by atoms with Gasteiger partial charge >= 0.3 is 0 Å². The molecule has 1 aromatic rings. The van der Waals surface area contributed by atoms with Gasteiger partial charge in [-0.25, -0.2) is 0 Å². The van der Waals surface area contributed by atoms with Crippen molar-refractivity contribution in [2.24, 2.45) is 10.4 Å². The smallest absolute Gasteiger partial charge is 0.227 e. The molecule has 0 aliphatic carbocycles. The fourth-order valence-electron chi connectivity index (χ4n) is 2.10. The van der Waals surface area contributed by atoms with Crippen LogP contribution in [-0.4, -0.2) is 31.5 Å². The second kappa shape index (κ2) is 9.18. The van der Waals surface area contributed by atoms with Crippen LogP contribution in [0, 0.1) is 5.41 Å². The van der Waals surface area contributed by atoms with E-state index in [0.29, 0.717) is 13.1 Å². The van der Waals surface area contributed by atoms with Crippen LogP contribution in [0.4, 0.5) is 0 Å². The molecule has 1 unspecified atom stereocenters. The SMILES string of the molecule is CCNC(=O)C(C)(C)CN=C(NCC)NC(C)c1ccccc1. The molecule has 0 saturated carbocycles. The van der Waals surface area contributed by atoms with Gasteiger partial charge in [-0.05, 0) is 40.2 Å². The zero-order chi connectivity index (χ0) is 17.3. The van der Waals surface area contributed by atoms with Gasteiger partial charge in [0, 0.05) is 13.1 Å². The Bertz CT molecular complexity index is 511. The number of rotatable bonds is 7. The highest BCUT2D eigenvalue weighted by Gasteiger charge is 2.27. The Morgan fingerprint density at radius 3 is 2.30 bits per heavy atom. The summed E-state index contributed by atoms with van der Waals surface area (Å²) in [5.41, 5.74) is 0.662. The largest absolute Gasteiger partial charge is 0.357 e. The maximum Gasteiger partial charge on any atom is 0.227 e. The summed E-state index contributed by atoms with van der Waals surface area (Å²) < 4.78 is 0. The zero-order valence-electron chi connectivity index (χ0n) is 14.9. The highest BCUT2D eigenvalue weighted by Crippen LogP contribution is 2.16. The summed E-state index contributed by atoms with van der Waals surface area (Å²) in [5.74, 6) is 0.747. The van der Waals surface area contributed by atoms with Crippen molar-refractivity contribution in [2.45, 2.75) is 40.7 Å². The van der Waals surface area contributed by atoms with Crippen LogP contribution < -0.4 is 16.0 Å². The monoisotopic (exact) mass is 318 g/mol. The molecule has 0 fully saturated rings. The number of benzene rings is 1. The van der Waals surface area contributed by atoms with Crippen LogP contribution in [0.15, 0.2) is 35.3 Å². The molecule has 0 radical (unpaired) electrons. The van der Waals surface area contributed by atoms with Crippen molar-refractivity contribution < 1.29 is 4.79 Å². The summed E-state index contributed by atoms with van der Waals surface area (Å²) in [7, 11) is 0. The van der Waals surface area contributed by atoms with E-state index >= 15 is 0 Å². The molecule has 0 aliphatic heterocycles. The van der Waals surface area contributed by atoms with E-state index in [2.05, 4.69) is 40.0 Å². The van der Waals surface area contributed by atoms with Crippen molar-refractivity contribution in [3.63, 3.8) is 0 Å². The number of hydrogen-bond acceptors (Lipinski definition) is 2. The molecule has 5 heteroatoms. The second-order valence-corrected chi connectivity index (χ2v) is 6.22. The Labute approximate surface area is 140 Å². The summed E-state index contributed by atoms with van der Waals surface area (Å²) in [6.45, 7) is 11.7. The van der Waals surface area contributed by atoms with Crippen LogP contribution >= 0.6 is 0 Å². The molecule has 0 heterocycles. The van der Waals surface area contributed by atoms with Gasteiger partial charge in [-0.15, -0.1) is 0 Å². The highest BCUT2D eigenvalue weighted by molar-refractivity contribution is 5.83. The molecule has 0 saturated heterocycles. The number of hydrogen-bond donors (Lipinski definition) is 3. The van der Waals surface area contributed by atoms with Gasteiger partial charge in [0.05, 0.1) is 18.0 Å². The molecule has 5 nitrogen and oxygen atoms in total. The van der Waals surface area contributed by atoms with Crippen LogP contribution in [0.5, 0.6) is 0 Å². The number of aliphatic imine (C=N–C) groups is 1. The van der Waals surface area contributed by atoms with Crippen LogP contribution in [0.2, 0.25) is 0 Å². The van der Waals surface area contributed by atoms with E-state index in [4.69, 9.17) is 0 Å². The number of nitrogens with zero attached hydrogens (tertiary/aromatic N) is 1. The van der Waals surface area contributed by atoms with Gasteiger partial charge in [-0.3, -0.25) is 9.79 Å². The van der Waals surface area contributed by atoms with Crippen LogP contribution in [0.3, 0.4) is 0 Å². The lowest BCUT2D eigenvalue weighted by molar-refractivity contribution is -0.128. The summed E-state index contributed by atoms with van der Waals surface area (Å²) in [6.07, 6.45) is 0. The molecular weight excluding hydrogens is 288 g/mol. The van der Waals surface area contributed by atoms with Gasteiger partial charge in [0.25, 0.3) is 0 Å². The van der Waals surface area contributed by atoms with Crippen molar-refractivity contribution in [1.82, 2.24) is 16.0 Å². The van der Waals surface area contributed by atoms with Gasteiger partial charge in [0.2, 0.25) is 5.91 Å². The minimum Gasteiger partial charge on any atom is -0.357 e. The van der Waals surface area contributed by atoms with Crippen molar-refractivity contribution in [1.29, 1.82) is 0 Å². The second-order valence-electron chi connectivity index (χ2n) is 6.22. The highest BCUT2D eigenvalue weighted by atomic mass is 16.2. The number of guanidine groups is 1. The molecule has 0 spiro atoms. The van der Waals surface area contributed by atoms with E-state index in [1.54, 1.807) is 0 Å². The van der Waals surface area contributed by atoms with E-state index < -0.39 is 5.41 Å². The van der Waals surface area contributed by atoms with Gasteiger partial charge in [-0.1, -0.05) is 30.3 Å². The third-order valence-corrected chi connectivity index (χ3v) is 3.58. The maximum atomic E-state index is 12.1. The van der Waals surface area contributed by atoms with Crippen LogP contribution in [0.25, 0.3) is 0 Å². The lowest BCUT2D eigenvalue weighted by Gasteiger charge is -2.23. The normalized spacial score (nSPS) is 13.3. The van der Waals surface area contributed by atoms with Crippen molar-refractivity contribution in [3.05, 3.63) is 35.9 Å². The average Bonchev–Trinajstić information content (AvgIpc) is 2.54. The predicted molar refractivity (Wildman–Crippen MR) is 96.4 cm³/mol. The number of nitrogens with one attached hydrogen (secondary N) is 3. The maximum absolute atomic E-state index is 12.1. The average molecular weight is 318 g/mol. The van der Waals surface area contributed by atoms with Crippen LogP contribution in [-0.2, 0) is 4.79 Å². The number of carbonyl (C=O) groups excluding carboxylic acids is 1. The quantitative estimate of drug-likeness (QED) is 0.534. The van der Waals surface area contributed by atoms with E-state index in [0.717, 1.165) is 12.5 Å². The zero-order valence-corrected chi connectivity index (χ0v) is 14.9. The van der Waals surface area contributed by atoms with Gasteiger partial charge in [0.15, 0.2) is 5.96 Å². The Hall–Kier alpha value is -2.04. The van der Waals surface area contributed by atoms with Crippen molar-refractivity contribution in [3.8, 4) is 0 Å². The first-order chi connectivity index (χ1) is 10.9. The van der Waals surface area contributed by atoms with Crippen molar-refractivity contribution in [2.75, 3.05) is 19.6 Å². The Balaban J connectivity index is 2.75. The Morgan fingerprint density at radius 1 is 1.13 bits per heavy atom. The topological polar surface area (TPSA) is 65.5 Å². The fraction of sp³-hybridized carbons (Fsp3) is 0.556. The molecule has 1 aromatic carbocycles. The summed E-state index contributed by atoms with van der Waals surface area (Å²) in [6, 6.07) is 10.4. The van der Waals surface area contributed by atoms with E-state index in [1.165, 1.54) is 5.56 Å². The summed E-state index contributed by atoms with van der Waals surface area (Å²) >= 11 is 0. The third kappa shape index (κ3) is 6.30. The first kappa shape index (κ1) is 19.0. The number of amides is 1. The van der Waals surface area contributed by atoms with E-state index in [-0.39, 0.29) is 11.9 Å². The first-order valence-electron chi connectivity index (χ1n) is 8.28. The molecule has 0 aromatic heterocycles. The van der Waals surface area contributed by atoms with E-state index in [1.807, 2.05) is 45.9 Å². The molecule has 128 valence electrons. The lowest BCUT2D eigenvalue weighted by Crippen LogP contribution is -2.42. The fourth-order valence-corrected chi connectivity index (χ4v) is 2.10. The Morgan fingerprint density at radius 2 is 1.74 bits per heavy atom. The predicted octanol–water partition coefficient (Wildman–Crippen LogP) is 2.46. The number of carbonyl (C=O) groups is 1. The van der Waals surface area contributed by atoms with Gasteiger partial charge in [0.1, 0.15) is 0 Å². The lowest BCUT2D eigenvalue weighted by atomic mass is 9.92. The Kier molecular flexibility index (Phi) is 7.59. The minimum atomic E-state index is -0.533. The van der Waals surface area contributed by atoms with Crippen LogP contribution in [0.1, 0.15) is 46.2 Å². The molecular formula is C18H30N4O. The minimum absolute atomic E-state index is 0.0238. The molecule has 0 aliphatic rings. The standard InChI is InChI=1S/C18H30N4O/c1-6-19-16(23)18(4,5)13-21-17(20-7-2)22-14(3)15-11-9-8-10-12-15/h8-12,14H,6-7,13H2,1-5H3,(H,19,23)(H2,20,21,22). The molecule has 0 bridgehead atoms. The van der Waals surface area contributed by atoms with Crippen molar-refractivity contribution >= 4 is 11.9 Å².